The Bertz CT molecular complexity index is 412. The highest BCUT2D eigenvalue weighted by Gasteiger charge is 2.20. The van der Waals surface area contributed by atoms with Crippen molar-refractivity contribution in [1.82, 2.24) is 14.9 Å². The monoisotopic (exact) mass is 277 g/mol. The lowest BCUT2D eigenvalue weighted by molar-refractivity contribution is 0.0609. The van der Waals surface area contributed by atoms with Crippen LogP contribution in [0.15, 0.2) is 12.4 Å². The van der Waals surface area contributed by atoms with Crippen LogP contribution >= 0.6 is 0 Å². The standard InChI is InChI=1S/C16H27N3O/c1-13(10-14-4-8-20-9-5-14)18-11-15-2-3-16-17-6-7-19(16)12-15/h6-7,13-15,18H,2-5,8-12H2,1H3. The van der Waals surface area contributed by atoms with Crippen LogP contribution in [-0.4, -0.2) is 35.4 Å². The highest BCUT2D eigenvalue weighted by molar-refractivity contribution is 4.97. The van der Waals surface area contributed by atoms with Crippen LogP contribution in [0.1, 0.15) is 38.4 Å². The van der Waals surface area contributed by atoms with Crippen molar-refractivity contribution in [3.63, 3.8) is 0 Å². The van der Waals surface area contributed by atoms with E-state index in [0.717, 1.165) is 44.6 Å². The van der Waals surface area contributed by atoms with Crippen molar-refractivity contribution >= 4 is 0 Å². The van der Waals surface area contributed by atoms with Gasteiger partial charge < -0.3 is 14.6 Å². The second kappa shape index (κ2) is 6.72. The molecule has 0 spiro atoms. The van der Waals surface area contributed by atoms with E-state index in [1.54, 1.807) is 0 Å². The molecule has 0 radical (unpaired) electrons. The molecule has 1 N–H and O–H groups in total. The fraction of sp³-hybridized carbons (Fsp3) is 0.812. The van der Waals surface area contributed by atoms with Gasteiger partial charge in [-0.3, -0.25) is 0 Å². The summed E-state index contributed by atoms with van der Waals surface area (Å²) >= 11 is 0. The van der Waals surface area contributed by atoms with E-state index in [1.165, 1.54) is 31.5 Å². The summed E-state index contributed by atoms with van der Waals surface area (Å²) in [5.74, 6) is 2.88. The number of ether oxygens (including phenoxy) is 1. The lowest BCUT2D eigenvalue weighted by Gasteiger charge is -2.28. The first kappa shape index (κ1) is 14.1. The van der Waals surface area contributed by atoms with Crippen LogP contribution in [0.4, 0.5) is 0 Å². The summed E-state index contributed by atoms with van der Waals surface area (Å²) in [6, 6.07) is 0.627. The average Bonchev–Trinajstić information content (AvgIpc) is 2.93. The maximum absolute atomic E-state index is 5.43. The second-order valence-corrected chi connectivity index (χ2v) is 6.50. The molecule has 4 heteroatoms. The maximum Gasteiger partial charge on any atom is 0.108 e. The molecule has 4 nitrogen and oxygen atoms in total. The van der Waals surface area contributed by atoms with Crippen LogP contribution in [0.5, 0.6) is 0 Å². The number of rotatable bonds is 5. The zero-order valence-electron chi connectivity index (χ0n) is 12.6. The van der Waals surface area contributed by atoms with Crippen LogP contribution in [0.25, 0.3) is 0 Å². The molecule has 0 aliphatic carbocycles. The predicted octanol–water partition coefficient (Wildman–Crippen LogP) is 2.24. The van der Waals surface area contributed by atoms with Gasteiger partial charge in [0.15, 0.2) is 0 Å². The fourth-order valence-electron chi connectivity index (χ4n) is 3.54. The summed E-state index contributed by atoms with van der Waals surface area (Å²) in [7, 11) is 0. The lowest BCUT2D eigenvalue weighted by Crippen LogP contribution is -2.36. The Labute approximate surface area is 121 Å². The summed E-state index contributed by atoms with van der Waals surface area (Å²) in [5.41, 5.74) is 0. The summed E-state index contributed by atoms with van der Waals surface area (Å²) in [5, 5.41) is 3.75. The van der Waals surface area contributed by atoms with Gasteiger partial charge in [-0.05, 0) is 51.0 Å². The number of imidazole rings is 1. The Morgan fingerprint density at radius 2 is 2.20 bits per heavy atom. The molecule has 0 aromatic carbocycles. The first-order chi connectivity index (χ1) is 9.81. The molecular formula is C16H27N3O. The normalized spacial score (nSPS) is 25.4. The van der Waals surface area contributed by atoms with Gasteiger partial charge in [-0.15, -0.1) is 0 Å². The summed E-state index contributed by atoms with van der Waals surface area (Å²) in [4.78, 5) is 4.39. The summed E-state index contributed by atoms with van der Waals surface area (Å²) < 4.78 is 7.75. The van der Waals surface area contributed by atoms with Crippen molar-refractivity contribution in [2.24, 2.45) is 11.8 Å². The Kier molecular flexibility index (Phi) is 4.73. The highest BCUT2D eigenvalue weighted by Crippen LogP contribution is 2.21. The third kappa shape index (κ3) is 3.61. The third-order valence-corrected chi connectivity index (χ3v) is 4.82. The first-order valence-electron chi connectivity index (χ1n) is 8.12. The summed E-state index contributed by atoms with van der Waals surface area (Å²) in [6.45, 7) is 6.53. The van der Waals surface area contributed by atoms with E-state index in [9.17, 15) is 0 Å². The van der Waals surface area contributed by atoms with Gasteiger partial charge in [-0.1, -0.05) is 0 Å². The largest absolute Gasteiger partial charge is 0.381 e. The lowest BCUT2D eigenvalue weighted by atomic mass is 9.92. The van der Waals surface area contributed by atoms with Crippen LogP contribution in [0.2, 0.25) is 0 Å². The molecule has 0 amide bonds. The number of aromatic nitrogens is 2. The molecule has 1 aromatic heterocycles. The van der Waals surface area contributed by atoms with E-state index in [1.807, 2.05) is 6.20 Å². The zero-order chi connectivity index (χ0) is 13.8. The first-order valence-corrected chi connectivity index (χ1v) is 8.12. The molecule has 20 heavy (non-hydrogen) atoms. The number of hydrogen-bond acceptors (Lipinski definition) is 3. The average molecular weight is 277 g/mol. The molecule has 3 rings (SSSR count). The SMILES string of the molecule is CC(CC1CCOCC1)NCC1CCc2nccn2C1. The molecule has 1 fully saturated rings. The quantitative estimate of drug-likeness (QED) is 0.897. The Morgan fingerprint density at radius 1 is 1.35 bits per heavy atom. The van der Waals surface area contributed by atoms with Gasteiger partial charge >= 0.3 is 0 Å². The highest BCUT2D eigenvalue weighted by atomic mass is 16.5. The zero-order valence-corrected chi connectivity index (χ0v) is 12.6. The molecule has 2 aliphatic rings. The van der Waals surface area contributed by atoms with E-state index in [-0.39, 0.29) is 0 Å². The molecular weight excluding hydrogens is 250 g/mol. The molecule has 3 heterocycles. The van der Waals surface area contributed by atoms with Crippen molar-refractivity contribution in [3.8, 4) is 0 Å². The minimum Gasteiger partial charge on any atom is -0.381 e. The molecule has 0 saturated carbocycles. The molecule has 2 aliphatic heterocycles. The van der Waals surface area contributed by atoms with Crippen LogP contribution in [0, 0.1) is 11.8 Å². The minimum absolute atomic E-state index is 0.627. The summed E-state index contributed by atoms with van der Waals surface area (Å²) in [6.07, 6.45) is 10.2. The van der Waals surface area contributed by atoms with E-state index in [0.29, 0.717) is 6.04 Å². The molecule has 2 atom stereocenters. The van der Waals surface area contributed by atoms with Crippen LogP contribution in [0.3, 0.4) is 0 Å². The van der Waals surface area contributed by atoms with Crippen molar-refractivity contribution in [3.05, 3.63) is 18.2 Å². The Hall–Kier alpha value is -0.870. The number of nitrogens with one attached hydrogen (secondary N) is 1. The van der Waals surface area contributed by atoms with Crippen molar-refractivity contribution in [2.75, 3.05) is 19.8 Å². The fourth-order valence-corrected chi connectivity index (χ4v) is 3.54. The van der Waals surface area contributed by atoms with Gasteiger partial charge in [-0.2, -0.15) is 0 Å². The van der Waals surface area contributed by atoms with Crippen molar-refractivity contribution in [1.29, 1.82) is 0 Å². The smallest absolute Gasteiger partial charge is 0.108 e. The van der Waals surface area contributed by atoms with E-state index < -0.39 is 0 Å². The maximum atomic E-state index is 5.43. The number of hydrogen-bond donors (Lipinski definition) is 1. The predicted molar refractivity (Wildman–Crippen MR) is 79.7 cm³/mol. The van der Waals surface area contributed by atoms with Gasteiger partial charge in [0.2, 0.25) is 0 Å². The molecule has 0 bridgehead atoms. The number of aryl methyl sites for hydroxylation is 1. The van der Waals surface area contributed by atoms with Crippen LogP contribution < -0.4 is 5.32 Å². The van der Waals surface area contributed by atoms with E-state index in [4.69, 9.17) is 4.74 Å². The second-order valence-electron chi connectivity index (χ2n) is 6.50. The van der Waals surface area contributed by atoms with E-state index >= 15 is 0 Å². The molecule has 112 valence electrons. The molecule has 1 saturated heterocycles. The van der Waals surface area contributed by atoms with Gasteiger partial charge in [0, 0.05) is 44.6 Å². The van der Waals surface area contributed by atoms with Crippen molar-refractivity contribution in [2.45, 2.75) is 51.6 Å². The van der Waals surface area contributed by atoms with Gasteiger partial charge in [0.05, 0.1) is 0 Å². The van der Waals surface area contributed by atoms with Gasteiger partial charge in [0.25, 0.3) is 0 Å². The topological polar surface area (TPSA) is 39.1 Å². The Balaban J connectivity index is 1.39. The minimum atomic E-state index is 0.627. The number of fused-ring (bicyclic) bond motifs is 1. The molecule has 1 aromatic rings. The van der Waals surface area contributed by atoms with E-state index in [2.05, 4.69) is 28.0 Å². The van der Waals surface area contributed by atoms with Crippen molar-refractivity contribution < 1.29 is 4.74 Å². The Morgan fingerprint density at radius 3 is 3.05 bits per heavy atom. The van der Waals surface area contributed by atoms with Gasteiger partial charge in [0.1, 0.15) is 5.82 Å². The third-order valence-electron chi connectivity index (χ3n) is 4.82. The van der Waals surface area contributed by atoms with Gasteiger partial charge in [-0.25, -0.2) is 4.98 Å². The molecule has 2 unspecified atom stereocenters. The number of nitrogens with zero attached hydrogens (tertiary/aromatic N) is 2. The van der Waals surface area contributed by atoms with Crippen LogP contribution in [-0.2, 0) is 17.7 Å².